The summed E-state index contributed by atoms with van der Waals surface area (Å²) in [5, 5.41) is 2.67. The fourth-order valence-electron chi connectivity index (χ4n) is 1.46. The van der Waals surface area contributed by atoms with Crippen LogP contribution >= 0.6 is 0 Å². The lowest BCUT2D eigenvalue weighted by atomic mass is 10.00. The molecule has 0 radical (unpaired) electrons. The van der Waals surface area contributed by atoms with Gasteiger partial charge in [-0.25, -0.2) is 8.42 Å². The van der Waals surface area contributed by atoms with Crippen LogP contribution in [0.15, 0.2) is 29.2 Å². The zero-order chi connectivity index (χ0) is 14.7. The van der Waals surface area contributed by atoms with Crippen molar-refractivity contribution in [3.05, 3.63) is 24.3 Å². The molecule has 3 N–H and O–H groups in total. The van der Waals surface area contributed by atoms with Crippen molar-refractivity contribution in [3.63, 3.8) is 0 Å². The minimum atomic E-state index is -3.27. The van der Waals surface area contributed by atoms with Crippen molar-refractivity contribution in [2.45, 2.75) is 37.1 Å². The van der Waals surface area contributed by atoms with Gasteiger partial charge in [0.25, 0.3) is 0 Å². The molecule has 0 fully saturated rings. The van der Waals surface area contributed by atoms with Crippen LogP contribution < -0.4 is 11.1 Å². The Labute approximate surface area is 114 Å². The molecule has 1 aromatic rings. The van der Waals surface area contributed by atoms with Crippen molar-refractivity contribution in [2.75, 3.05) is 11.6 Å². The lowest BCUT2D eigenvalue weighted by Gasteiger charge is -2.17. The Morgan fingerprint density at radius 3 is 2.53 bits per heavy atom. The van der Waals surface area contributed by atoms with Crippen LogP contribution in [0.2, 0.25) is 0 Å². The van der Waals surface area contributed by atoms with E-state index in [-0.39, 0.29) is 10.8 Å². The largest absolute Gasteiger partial charge is 0.326 e. The number of benzene rings is 1. The van der Waals surface area contributed by atoms with Crippen molar-refractivity contribution in [2.24, 2.45) is 5.73 Å². The average molecular weight is 284 g/mol. The molecule has 0 aliphatic carbocycles. The Morgan fingerprint density at radius 1 is 1.37 bits per heavy atom. The molecule has 0 spiro atoms. The third-order valence-corrected chi connectivity index (χ3v) is 3.65. The maximum atomic E-state index is 11.7. The van der Waals surface area contributed by atoms with Crippen molar-refractivity contribution >= 4 is 21.4 Å². The van der Waals surface area contributed by atoms with Gasteiger partial charge in [0.1, 0.15) is 0 Å². The minimum absolute atomic E-state index is 0.177. The molecular weight excluding hydrogens is 264 g/mol. The van der Waals surface area contributed by atoms with Gasteiger partial charge in [0, 0.05) is 23.9 Å². The number of amides is 1. The number of carbonyl (C=O) groups is 1. The lowest BCUT2D eigenvalue weighted by Crippen LogP contribution is -2.33. The van der Waals surface area contributed by atoms with Crippen LogP contribution in [0.5, 0.6) is 0 Å². The molecular formula is C13H20N2O3S. The van der Waals surface area contributed by atoms with Crippen LogP contribution in [0.1, 0.15) is 26.7 Å². The molecule has 0 unspecified atom stereocenters. The van der Waals surface area contributed by atoms with Gasteiger partial charge in [-0.15, -0.1) is 0 Å². The lowest BCUT2D eigenvalue weighted by molar-refractivity contribution is -0.116. The number of rotatable bonds is 5. The maximum Gasteiger partial charge on any atom is 0.224 e. The van der Waals surface area contributed by atoms with E-state index in [0.29, 0.717) is 18.5 Å². The molecule has 0 aliphatic rings. The van der Waals surface area contributed by atoms with E-state index in [4.69, 9.17) is 5.73 Å². The standard InChI is InChI=1S/C13H20N2O3S/c1-13(2,14)8-7-12(16)15-10-5-4-6-11(9-10)19(3,17)18/h4-6,9H,7-8,14H2,1-3H3,(H,15,16). The second-order valence-corrected chi connectivity index (χ2v) is 7.35. The second-order valence-electron chi connectivity index (χ2n) is 5.34. The number of nitrogens with two attached hydrogens (primary N) is 1. The normalized spacial score (nSPS) is 12.2. The van der Waals surface area contributed by atoms with Crippen LogP contribution in [-0.4, -0.2) is 26.1 Å². The van der Waals surface area contributed by atoms with E-state index in [2.05, 4.69) is 5.32 Å². The molecule has 0 saturated carbocycles. The van der Waals surface area contributed by atoms with Gasteiger partial charge in [0.15, 0.2) is 9.84 Å². The smallest absolute Gasteiger partial charge is 0.224 e. The third-order valence-electron chi connectivity index (χ3n) is 2.54. The van der Waals surface area contributed by atoms with Crippen molar-refractivity contribution in [3.8, 4) is 0 Å². The highest BCUT2D eigenvalue weighted by Crippen LogP contribution is 2.16. The van der Waals surface area contributed by atoms with E-state index in [1.54, 1.807) is 12.1 Å². The summed E-state index contributed by atoms with van der Waals surface area (Å²) in [5.74, 6) is -0.177. The number of nitrogens with one attached hydrogen (secondary N) is 1. The molecule has 106 valence electrons. The number of hydrogen-bond donors (Lipinski definition) is 2. The fourth-order valence-corrected chi connectivity index (χ4v) is 2.13. The van der Waals surface area contributed by atoms with Crippen molar-refractivity contribution < 1.29 is 13.2 Å². The van der Waals surface area contributed by atoms with Gasteiger partial charge in [0.05, 0.1) is 4.90 Å². The van der Waals surface area contributed by atoms with Gasteiger partial charge < -0.3 is 11.1 Å². The molecule has 19 heavy (non-hydrogen) atoms. The van der Waals surface area contributed by atoms with E-state index in [0.717, 1.165) is 6.26 Å². The Hall–Kier alpha value is -1.40. The average Bonchev–Trinajstić information content (AvgIpc) is 2.25. The zero-order valence-electron chi connectivity index (χ0n) is 11.4. The predicted octanol–water partition coefficient (Wildman–Crippen LogP) is 1.55. The van der Waals surface area contributed by atoms with Gasteiger partial charge in [-0.1, -0.05) is 6.07 Å². The summed E-state index contributed by atoms with van der Waals surface area (Å²) >= 11 is 0. The Kier molecular flexibility index (Phi) is 4.70. The molecule has 1 aromatic carbocycles. The first-order chi connectivity index (χ1) is 8.58. The summed E-state index contributed by atoms with van der Waals surface area (Å²) in [6.07, 6.45) is 1.99. The first-order valence-corrected chi connectivity index (χ1v) is 7.86. The van der Waals surface area contributed by atoms with Crippen LogP contribution in [0.25, 0.3) is 0 Å². The summed E-state index contributed by atoms with van der Waals surface area (Å²) in [7, 11) is -3.27. The SMILES string of the molecule is CC(C)(N)CCC(=O)Nc1cccc(S(C)(=O)=O)c1. The maximum absolute atomic E-state index is 11.7. The molecule has 0 aliphatic heterocycles. The highest BCUT2D eigenvalue weighted by molar-refractivity contribution is 7.90. The van der Waals surface area contributed by atoms with Gasteiger partial charge in [-0.3, -0.25) is 4.79 Å². The second kappa shape index (κ2) is 5.71. The number of carbonyl (C=O) groups excluding carboxylic acids is 1. The first kappa shape index (κ1) is 15.7. The van der Waals surface area contributed by atoms with Gasteiger partial charge >= 0.3 is 0 Å². The van der Waals surface area contributed by atoms with Crippen LogP contribution in [0.3, 0.4) is 0 Å². The summed E-state index contributed by atoms with van der Waals surface area (Å²) in [6, 6.07) is 6.19. The molecule has 0 bridgehead atoms. The van der Waals surface area contributed by atoms with E-state index < -0.39 is 15.4 Å². The molecule has 1 rings (SSSR count). The minimum Gasteiger partial charge on any atom is -0.326 e. The fraction of sp³-hybridized carbons (Fsp3) is 0.462. The molecule has 0 aromatic heterocycles. The van der Waals surface area contributed by atoms with Crippen LogP contribution in [-0.2, 0) is 14.6 Å². The Morgan fingerprint density at radius 2 is 2.00 bits per heavy atom. The number of hydrogen-bond acceptors (Lipinski definition) is 4. The quantitative estimate of drug-likeness (QED) is 0.858. The Balaban J connectivity index is 2.70. The summed E-state index contributed by atoms with van der Waals surface area (Å²) in [5.41, 5.74) is 5.88. The molecule has 1 amide bonds. The van der Waals surface area contributed by atoms with E-state index >= 15 is 0 Å². The molecule has 6 heteroatoms. The number of sulfone groups is 1. The van der Waals surface area contributed by atoms with Gasteiger partial charge in [-0.05, 0) is 38.5 Å². The Bertz CT molecular complexity index is 559. The van der Waals surface area contributed by atoms with E-state index in [1.807, 2.05) is 13.8 Å². The predicted molar refractivity (Wildman–Crippen MR) is 75.7 cm³/mol. The highest BCUT2D eigenvalue weighted by atomic mass is 32.2. The summed E-state index contributed by atoms with van der Waals surface area (Å²) in [6.45, 7) is 3.70. The van der Waals surface area contributed by atoms with Crippen LogP contribution in [0.4, 0.5) is 5.69 Å². The molecule has 0 heterocycles. The topological polar surface area (TPSA) is 89.3 Å². The van der Waals surface area contributed by atoms with E-state index in [9.17, 15) is 13.2 Å². The van der Waals surface area contributed by atoms with Gasteiger partial charge in [0.2, 0.25) is 5.91 Å². The zero-order valence-corrected chi connectivity index (χ0v) is 12.3. The summed E-state index contributed by atoms with van der Waals surface area (Å²) < 4.78 is 22.8. The van der Waals surface area contributed by atoms with Gasteiger partial charge in [-0.2, -0.15) is 0 Å². The molecule has 0 saturated heterocycles. The highest BCUT2D eigenvalue weighted by Gasteiger charge is 2.14. The van der Waals surface area contributed by atoms with Crippen LogP contribution in [0, 0.1) is 0 Å². The molecule has 5 nitrogen and oxygen atoms in total. The third kappa shape index (κ3) is 5.85. The summed E-state index contributed by atoms with van der Waals surface area (Å²) in [4.78, 5) is 11.9. The first-order valence-electron chi connectivity index (χ1n) is 5.97. The van der Waals surface area contributed by atoms with Crippen molar-refractivity contribution in [1.82, 2.24) is 0 Å². The monoisotopic (exact) mass is 284 g/mol. The number of anilines is 1. The van der Waals surface area contributed by atoms with E-state index in [1.165, 1.54) is 12.1 Å². The van der Waals surface area contributed by atoms with Crippen molar-refractivity contribution in [1.29, 1.82) is 0 Å². The molecule has 0 atom stereocenters.